The molecular formula is C20H26N2O5S. The normalized spacial score (nSPS) is 11.4. The molecule has 2 aromatic rings. The number of sulfonamides is 1. The number of nitrogens with one attached hydrogen (secondary N) is 2. The molecule has 1 amide bonds. The summed E-state index contributed by atoms with van der Waals surface area (Å²) in [6.45, 7) is 4.40. The van der Waals surface area contributed by atoms with Crippen LogP contribution in [0.25, 0.3) is 0 Å². The zero-order chi connectivity index (χ0) is 20.6. The zero-order valence-corrected chi connectivity index (χ0v) is 17.1. The van der Waals surface area contributed by atoms with E-state index in [1.165, 1.54) is 25.3 Å². The van der Waals surface area contributed by atoms with Crippen molar-refractivity contribution in [3.05, 3.63) is 59.7 Å². The molecule has 2 aromatic carbocycles. The highest BCUT2D eigenvalue weighted by Gasteiger charge is 2.20. The number of carbonyl (C=O) groups is 1. The van der Waals surface area contributed by atoms with Crippen molar-refractivity contribution in [3.8, 4) is 5.75 Å². The van der Waals surface area contributed by atoms with E-state index in [-0.39, 0.29) is 29.7 Å². The third-order valence-electron chi connectivity index (χ3n) is 3.80. The summed E-state index contributed by atoms with van der Waals surface area (Å²) in [4.78, 5) is 12.3. The fourth-order valence-electron chi connectivity index (χ4n) is 2.47. The second-order valence-corrected chi connectivity index (χ2v) is 8.19. The number of ether oxygens (including phenoxy) is 2. The number of methoxy groups -OCH3 is 1. The van der Waals surface area contributed by atoms with Crippen LogP contribution in [0.15, 0.2) is 53.4 Å². The highest BCUT2D eigenvalue weighted by Crippen LogP contribution is 2.22. The summed E-state index contributed by atoms with van der Waals surface area (Å²) >= 11 is 0. The van der Waals surface area contributed by atoms with Crippen molar-refractivity contribution in [1.29, 1.82) is 0 Å². The van der Waals surface area contributed by atoms with E-state index in [0.717, 1.165) is 5.56 Å². The molecule has 2 rings (SSSR count). The molecule has 0 bridgehead atoms. The van der Waals surface area contributed by atoms with Gasteiger partial charge in [-0.3, -0.25) is 4.79 Å². The van der Waals surface area contributed by atoms with E-state index < -0.39 is 15.9 Å². The van der Waals surface area contributed by atoms with Crippen LogP contribution in [0.3, 0.4) is 0 Å². The van der Waals surface area contributed by atoms with Crippen molar-refractivity contribution in [3.63, 3.8) is 0 Å². The van der Waals surface area contributed by atoms with Gasteiger partial charge in [0.2, 0.25) is 10.0 Å². The molecule has 28 heavy (non-hydrogen) atoms. The van der Waals surface area contributed by atoms with E-state index in [9.17, 15) is 13.2 Å². The second-order valence-electron chi connectivity index (χ2n) is 6.43. The Kier molecular flexibility index (Phi) is 7.98. The lowest BCUT2D eigenvalue weighted by molar-refractivity contribution is 0.0940. The van der Waals surface area contributed by atoms with E-state index >= 15 is 0 Å². The predicted molar refractivity (Wildman–Crippen MR) is 107 cm³/mol. The van der Waals surface area contributed by atoms with Crippen LogP contribution in [0, 0.1) is 0 Å². The number of carbonyl (C=O) groups excluding carboxylic acids is 1. The summed E-state index contributed by atoms with van der Waals surface area (Å²) in [6.07, 6.45) is 0. The van der Waals surface area contributed by atoms with Crippen LogP contribution in [0.2, 0.25) is 0 Å². The number of benzene rings is 2. The van der Waals surface area contributed by atoms with E-state index in [0.29, 0.717) is 12.4 Å². The van der Waals surface area contributed by atoms with Crippen molar-refractivity contribution in [2.75, 3.05) is 20.3 Å². The minimum absolute atomic E-state index is 0.00901. The van der Waals surface area contributed by atoms with Crippen molar-refractivity contribution >= 4 is 15.9 Å². The fraction of sp³-hybridized carbons (Fsp3) is 0.350. The Morgan fingerprint density at radius 1 is 1.11 bits per heavy atom. The summed E-state index contributed by atoms with van der Waals surface area (Å²) in [5.74, 6) is -0.0848. The molecule has 7 nitrogen and oxygen atoms in total. The number of hydrogen-bond donors (Lipinski definition) is 2. The van der Waals surface area contributed by atoms with Crippen LogP contribution in [-0.2, 0) is 21.4 Å². The van der Waals surface area contributed by atoms with Crippen LogP contribution in [0.5, 0.6) is 5.75 Å². The lowest BCUT2D eigenvalue weighted by atomic mass is 10.2. The topological polar surface area (TPSA) is 93.7 Å². The van der Waals surface area contributed by atoms with Crippen molar-refractivity contribution in [1.82, 2.24) is 10.0 Å². The van der Waals surface area contributed by atoms with Gasteiger partial charge in [0.15, 0.2) is 0 Å². The molecular weight excluding hydrogens is 380 g/mol. The average molecular weight is 407 g/mol. The van der Waals surface area contributed by atoms with Crippen LogP contribution in [0.1, 0.15) is 29.8 Å². The van der Waals surface area contributed by atoms with Gasteiger partial charge in [-0.15, -0.1) is 0 Å². The van der Waals surface area contributed by atoms with E-state index in [1.807, 2.05) is 44.2 Å². The Labute approximate surface area is 166 Å². The molecule has 0 spiro atoms. The lowest BCUT2D eigenvalue weighted by Crippen LogP contribution is -2.31. The summed E-state index contributed by atoms with van der Waals surface area (Å²) < 4.78 is 38.2. The fourth-order valence-corrected chi connectivity index (χ4v) is 3.51. The number of rotatable bonds is 10. The van der Waals surface area contributed by atoms with Crippen molar-refractivity contribution < 1.29 is 22.7 Å². The van der Waals surface area contributed by atoms with Gasteiger partial charge in [0.25, 0.3) is 5.91 Å². The van der Waals surface area contributed by atoms with Gasteiger partial charge in [-0.25, -0.2) is 13.1 Å². The third kappa shape index (κ3) is 6.33. The largest absolute Gasteiger partial charge is 0.496 e. The maximum atomic E-state index is 12.5. The first-order chi connectivity index (χ1) is 13.3. The molecule has 0 heterocycles. The molecule has 152 valence electrons. The van der Waals surface area contributed by atoms with Gasteiger partial charge >= 0.3 is 0 Å². The first-order valence-corrected chi connectivity index (χ1v) is 10.4. The molecule has 0 aliphatic heterocycles. The summed E-state index contributed by atoms with van der Waals surface area (Å²) in [6, 6.07) is 13.7. The Morgan fingerprint density at radius 2 is 1.82 bits per heavy atom. The first-order valence-electron chi connectivity index (χ1n) is 8.93. The SMILES string of the molecule is COc1ccc(S(=O)(=O)NCCOCc2ccccc2)cc1C(=O)NC(C)C. The molecule has 0 fully saturated rings. The summed E-state index contributed by atoms with van der Waals surface area (Å²) in [5.41, 5.74) is 1.18. The van der Waals surface area contributed by atoms with Gasteiger partial charge in [-0.1, -0.05) is 30.3 Å². The van der Waals surface area contributed by atoms with E-state index in [4.69, 9.17) is 9.47 Å². The van der Waals surface area contributed by atoms with Gasteiger partial charge in [-0.2, -0.15) is 0 Å². The van der Waals surface area contributed by atoms with Crippen LogP contribution in [-0.4, -0.2) is 40.6 Å². The van der Waals surface area contributed by atoms with Crippen LogP contribution >= 0.6 is 0 Å². The smallest absolute Gasteiger partial charge is 0.255 e. The molecule has 2 N–H and O–H groups in total. The van der Waals surface area contributed by atoms with Gasteiger partial charge in [0.05, 0.1) is 30.8 Å². The summed E-state index contributed by atoms with van der Waals surface area (Å²) in [7, 11) is -2.35. The van der Waals surface area contributed by atoms with E-state index in [1.54, 1.807) is 0 Å². The van der Waals surface area contributed by atoms with Gasteiger partial charge < -0.3 is 14.8 Å². The molecule has 0 saturated carbocycles. The highest BCUT2D eigenvalue weighted by atomic mass is 32.2. The quantitative estimate of drug-likeness (QED) is 0.591. The number of hydrogen-bond acceptors (Lipinski definition) is 5. The summed E-state index contributed by atoms with van der Waals surface area (Å²) in [5, 5.41) is 2.73. The van der Waals surface area contributed by atoms with Crippen LogP contribution in [0.4, 0.5) is 0 Å². The molecule has 0 aliphatic rings. The molecule has 0 aliphatic carbocycles. The maximum Gasteiger partial charge on any atom is 0.255 e. The third-order valence-corrected chi connectivity index (χ3v) is 5.25. The molecule has 0 aromatic heterocycles. The lowest BCUT2D eigenvalue weighted by Gasteiger charge is -2.13. The zero-order valence-electron chi connectivity index (χ0n) is 16.3. The number of amides is 1. The van der Waals surface area contributed by atoms with Gasteiger partial charge in [-0.05, 0) is 37.6 Å². The maximum absolute atomic E-state index is 12.5. The first kappa shape index (κ1) is 21.9. The molecule has 0 unspecified atom stereocenters. The Hall–Kier alpha value is -2.42. The van der Waals surface area contributed by atoms with Gasteiger partial charge in [0.1, 0.15) is 5.75 Å². The average Bonchev–Trinajstić information content (AvgIpc) is 2.67. The minimum atomic E-state index is -3.78. The Morgan fingerprint density at radius 3 is 2.46 bits per heavy atom. The molecule has 0 saturated heterocycles. The van der Waals surface area contributed by atoms with Crippen LogP contribution < -0.4 is 14.8 Å². The second kappa shape index (κ2) is 10.2. The molecule has 0 atom stereocenters. The standard InChI is InChI=1S/C20H26N2O5S/c1-15(2)22-20(23)18-13-17(9-10-19(18)26-3)28(24,25)21-11-12-27-14-16-7-5-4-6-8-16/h4-10,13,15,21H,11-12,14H2,1-3H3,(H,22,23). The monoisotopic (exact) mass is 406 g/mol. The highest BCUT2D eigenvalue weighted by molar-refractivity contribution is 7.89. The van der Waals surface area contributed by atoms with Gasteiger partial charge in [0, 0.05) is 12.6 Å². The minimum Gasteiger partial charge on any atom is -0.496 e. The Balaban J connectivity index is 1.99. The Bertz CT molecular complexity index is 883. The van der Waals surface area contributed by atoms with Crippen molar-refractivity contribution in [2.24, 2.45) is 0 Å². The molecule has 8 heteroatoms. The molecule has 0 radical (unpaired) electrons. The van der Waals surface area contributed by atoms with E-state index in [2.05, 4.69) is 10.0 Å². The predicted octanol–water partition coefficient (Wildman–Crippen LogP) is 2.33. The van der Waals surface area contributed by atoms with Crippen molar-refractivity contribution in [2.45, 2.75) is 31.4 Å².